The summed E-state index contributed by atoms with van der Waals surface area (Å²) in [6.45, 7) is 0.843. The zero-order valence-electron chi connectivity index (χ0n) is 20.6. The number of pyridine rings is 1. The van der Waals surface area contributed by atoms with E-state index in [0.717, 1.165) is 5.69 Å². The molecule has 0 radical (unpaired) electrons. The zero-order valence-corrected chi connectivity index (χ0v) is 20.6. The lowest BCUT2D eigenvalue weighted by Crippen LogP contribution is -2.50. The highest BCUT2D eigenvalue weighted by Crippen LogP contribution is 2.35. The number of nitrogens with one attached hydrogen (secondary N) is 1. The molecule has 1 aliphatic heterocycles. The van der Waals surface area contributed by atoms with Gasteiger partial charge < -0.3 is 24.6 Å². The maximum absolute atomic E-state index is 11.9. The van der Waals surface area contributed by atoms with E-state index in [-0.39, 0.29) is 37.8 Å². The summed E-state index contributed by atoms with van der Waals surface area (Å²) in [5, 5.41) is 24.9. The third kappa shape index (κ3) is 6.10. The molecule has 200 valence electrons. The number of nitro benzene ring substituents is 1. The maximum Gasteiger partial charge on any atom is 0.407 e. The highest BCUT2D eigenvalue weighted by Gasteiger charge is 2.29. The first-order valence-corrected chi connectivity index (χ1v) is 12.0. The normalized spacial score (nSPS) is 15.1. The van der Waals surface area contributed by atoms with Crippen molar-refractivity contribution in [3.63, 3.8) is 0 Å². The molecule has 2 aromatic heterocycles. The summed E-state index contributed by atoms with van der Waals surface area (Å²) in [7, 11) is 0. The fourth-order valence-corrected chi connectivity index (χ4v) is 4.07. The topological polar surface area (TPSA) is 162 Å². The highest BCUT2D eigenvalue weighted by atomic mass is 16.6. The van der Waals surface area contributed by atoms with Crippen LogP contribution in [0.3, 0.4) is 0 Å². The van der Waals surface area contributed by atoms with E-state index in [1.54, 1.807) is 30.5 Å². The van der Waals surface area contributed by atoms with Gasteiger partial charge in [0.2, 0.25) is 0 Å². The Hall–Kier alpha value is -5.04. The number of ether oxygens (including phenoxy) is 3. The number of hydrogen-bond acceptors (Lipinski definition) is 10. The summed E-state index contributed by atoms with van der Waals surface area (Å²) in [5.74, 6) is 0.998. The van der Waals surface area contributed by atoms with E-state index in [1.807, 2.05) is 18.2 Å². The molecule has 1 amide bonds. The number of carbonyl (C=O) groups is 1. The van der Waals surface area contributed by atoms with Crippen LogP contribution in [0.5, 0.6) is 11.5 Å². The Kier molecular flexibility index (Phi) is 7.59. The quantitative estimate of drug-likeness (QED) is 0.236. The van der Waals surface area contributed by atoms with E-state index in [2.05, 4.69) is 20.3 Å². The molecule has 13 nitrogen and oxygen atoms in total. The van der Waals surface area contributed by atoms with E-state index in [0.29, 0.717) is 34.8 Å². The van der Waals surface area contributed by atoms with Crippen molar-refractivity contribution in [2.24, 2.45) is 0 Å². The molecule has 2 aromatic carbocycles. The number of fused-ring (bicyclic) bond motifs is 1. The molecule has 2 N–H and O–H groups in total. The molecule has 0 spiro atoms. The zero-order chi connectivity index (χ0) is 27.2. The number of nitro groups is 1. The predicted molar refractivity (Wildman–Crippen MR) is 139 cm³/mol. The minimum absolute atomic E-state index is 0.0255. The molecule has 1 atom stereocenters. The second-order valence-corrected chi connectivity index (χ2v) is 8.59. The summed E-state index contributed by atoms with van der Waals surface area (Å²) < 4.78 is 16.8. The van der Waals surface area contributed by atoms with Gasteiger partial charge in [0.05, 0.1) is 40.8 Å². The number of nitrogens with zero attached hydrogens (tertiary/aromatic N) is 5. The Morgan fingerprint density at radius 2 is 2.00 bits per heavy atom. The van der Waals surface area contributed by atoms with E-state index >= 15 is 0 Å². The fourth-order valence-electron chi connectivity index (χ4n) is 4.07. The predicted octanol–water partition coefficient (Wildman–Crippen LogP) is 4.01. The van der Waals surface area contributed by atoms with Crippen LogP contribution >= 0.6 is 0 Å². The standard InChI is InChI=1S/C26H24N6O7/c33-26(34)31-9-10-37-14-19(31)15-39-24-12-22-21(11-23(24)32(35)36)25(29-16-28-22)30-17-4-6-20(7-5-17)38-13-18-3-1-2-8-27-18/h1-8,11-12,16,19H,9-10,13-15H2,(H,33,34)(H,28,29,30). The molecular formula is C26H24N6O7. The molecule has 13 heteroatoms. The van der Waals surface area contributed by atoms with Crippen molar-refractivity contribution in [1.82, 2.24) is 19.9 Å². The van der Waals surface area contributed by atoms with Gasteiger partial charge in [-0.3, -0.25) is 20.0 Å². The smallest absolute Gasteiger partial charge is 0.407 e. The van der Waals surface area contributed by atoms with Crippen LogP contribution in [-0.2, 0) is 11.3 Å². The second kappa shape index (κ2) is 11.6. The number of amides is 1. The van der Waals surface area contributed by atoms with Gasteiger partial charge in [0.1, 0.15) is 31.1 Å². The number of anilines is 2. The van der Waals surface area contributed by atoms with Crippen LogP contribution in [0.2, 0.25) is 0 Å². The van der Waals surface area contributed by atoms with Crippen LogP contribution in [-0.4, -0.2) is 68.4 Å². The first kappa shape index (κ1) is 25.6. The lowest BCUT2D eigenvalue weighted by atomic mass is 10.2. The maximum atomic E-state index is 11.9. The van der Waals surface area contributed by atoms with E-state index in [1.165, 1.54) is 23.4 Å². The van der Waals surface area contributed by atoms with Crippen LogP contribution in [0.25, 0.3) is 10.9 Å². The molecular weight excluding hydrogens is 508 g/mol. The molecule has 1 saturated heterocycles. The van der Waals surface area contributed by atoms with Gasteiger partial charge in [-0.05, 0) is 36.4 Å². The summed E-state index contributed by atoms with van der Waals surface area (Å²) in [6.07, 6.45) is 1.94. The minimum Gasteiger partial charge on any atom is -0.487 e. The molecule has 0 saturated carbocycles. The molecule has 39 heavy (non-hydrogen) atoms. The SMILES string of the molecule is O=C(O)N1CCOCC1COc1cc2ncnc(Nc3ccc(OCc4ccccn4)cc3)c2cc1[N+](=O)[O-]. The molecule has 1 aliphatic rings. The monoisotopic (exact) mass is 532 g/mol. The van der Waals surface area contributed by atoms with Crippen LogP contribution in [0.1, 0.15) is 5.69 Å². The van der Waals surface area contributed by atoms with Crippen molar-refractivity contribution in [2.75, 3.05) is 31.7 Å². The van der Waals surface area contributed by atoms with Gasteiger partial charge in [-0.25, -0.2) is 14.8 Å². The van der Waals surface area contributed by atoms with Crippen molar-refractivity contribution in [2.45, 2.75) is 12.6 Å². The lowest BCUT2D eigenvalue weighted by molar-refractivity contribution is -0.385. The average Bonchev–Trinajstić information content (AvgIpc) is 2.96. The van der Waals surface area contributed by atoms with Crippen LogP contribution in [0, 0.1) is 10.1 Å². The van der Waals surface area contributed by atoms with Crippen molar-refractivity contribution >= 4 is 34.2 Å². The largest absolute Gasteiger partial charge is 0.487 e. The number of aromatic nitrogens is 3. The Balaban J connectivity index is 1.32. The van der Waals surface area contributed by atoms with Crippen molar-refractivity contribution in [3.8, 4) is 11.5 Å². The number of benzene rings is 2. The van der Waals surface area contributed by atoms with Gasteiger partial charge >= 0.3 is 11.8 Å². The van der Waals surface area contributed by atoms with Gasteiger partial charge in [0, 0.05) is 30.6 Å². The van der Waals surface area contributed by atoms with Crippen molar-refractivity contribution in [1.29, 1.82) is 0 Å². The number of rotatable bonds is 9. The molecule has 5 rings (SSSR count). The van der Waals surface area contributed by atoms with Crippen molar-refractivity contribution in [3.05, 3.63) is 82.9 Å². The molecule has 1 fully saturated rings. The van der Waals surface area contributed by atoms with Gasteiger partial charge in [-0.1, -0.05) is 6.07 Å². The minimum atomic E-state index is -1.10. The first-order valence-electron chi connectivity index (χ1n) is 12.0. The second-order valence-electron chi connectivity index (χ2n) is 8.59. The number of carboxylic acid groups (broad SMARTS) is 1. The van der Waals surface area contributed by atoms with Gasteiger partial charge in [0.15, 0.2) is 5.75 Å². The summed E-state index contributed by atoms with van der Waals surface area (Å²) >= 11 is 0. The van der Waals surface area contributed by atoms with Crippen molar-refractivity contribution < 1.29 is 29.0 Å². The van der Waals surface area contributed by atoms with Crippen LogP contribution < -0.4 is 14.8 Å². The number of morpholine rings is 1. The third-order valence-corrected chi connectivity index (χ3v) is 6.05. The van der Waals surface area contributed by atoms with Gasteiger partial charge in [-0.15, -0.1) is 0 Å². The van der Waals surface area contributed by atoms with Crippen LogP contribution in [0.15, 0.2) is 67.1 Å². The van der Waals surface area contributed by atoms with E-state index in [9.17, 15) is 20.0 Å². The Bertz CT molecular complexity index is 1470. The molecule has 0 bridgehead atoms. The van der Waals surface area contributed by atoms with Crippen LogP contribution in [0.4, 0.5) is 22.0 Å². The first-order chi connectivity index (χ1) is 19.0. The Labute approximate surface area is 222 Å². The third-order valence-electron chi connectivity index (χ3n) is 6.05. The number of hydrogen-bond donors (Lipinski definition) is 2. The summed E-state index contributed by atoms with van der Waals surface area (Å²) in [5.41, 5.74) is 1.62. The summed E-state index contributed by atoms with van der Waals surface area (Å²) in [6, 6.07) is 15.0. The molecule has 3 heterocycles. The van der Waals surface area contributed by atoms with Gasteiger partial charge in [-0.2, -0.15) is 0 Å². The molecule has 0 aliphatic carbocycles. The Morgan fingerprint density at radius 3 is 2.74 bits per heavy atom. The molecule has 4 aromatic rings. The lowest BCUT2D eigenvalue weighted by Gasteiger charge is -2.33. The highest BCUT2D eigenvalue weighted by molar-refractivity contribution is 5.93. The fraction of sp³-hybridized carbons (Fsp3) is 0.231. The van der Waals surface area contributed by atoms with E-state index < -0.39 is 17.1 Å². The Morgan fingerprint density at radius 1 is 1.15 bits per heavy atom. The van der Waals surface area contributed by atoms with E-state index in [4.69, 9.17) is 14.2 Å². The molecule has 1 unspecified atom stereocenters. The average molecular weight is 533 g/mol. The van der Waals surface area contributed by atoms with Gasteiger partial charge in [0.25, 0.3) is 0 Å². The summed E-state index contributed by atoms with van der Waals surface area (Å²) in [4.78, 5) is 36.7.